The number of methoxy groups -OCH3 is 3. The first-order chi connectivity index (χ1) is 12.2. The fourth-order valence-electron chi connectivity index (χ4n) is 2.30. The number of rotatable bonds is 6. The van der Waals surface area contributed by atoms with Gasteiger partial charge in [-0.3, -0.25) is 0 Å². The highest BCUT2D eigenvalue weighted by Crippen LogP contribution is 2.44. The van der Waals surface area contributed by atoms with Gasteiger partial charge in [-0.15, -0.1) is 13.2 Å². The second-order valence-corrected chi connectivity index (χ2v) is 6.72. The van der Waals surface area contributed by atoms with Crippen LogP contribution in [-0.4, -0.2) is 36.0 Å². The lowest BCUT2D eigenvalue weighted by Crippen LogP contribution is -2.43. The zero-order valence-electron chi connectivity index (χ0n) is 14.1. The van der Waals surface area contributed by atoms with Crippen LogP contribution in [0.15, 0.2) is 47.4 Å². The van der Waals surface area contributed by atoms with Crippen LogP contribution in [0, 0.1) is 0 Å². The third kappa shape index (κ3) is 3.64. The van der Waals surface area contributed by atoms with Gasteiger partial charge >= 0.3 is 6.30 Å². The van der Waals surface area contributed by atoms with Crippen molar-refractivity contribution in [1.82, 2.24) is 0 Å². The van der Waals surface area contributed by atoms with E-state index in [-0.39, 0.29) is 17.2 Å². The van der Waals surface area contributed by atoms with Crippen molar-refractivity contribution in [3.63, 3.8) is 0 Å². The molecule has 0 saturated carbocycles. The van der Waals surface area contributed by atoms with Gasteiger partial charge in [-0.1, -0.05) is 18.2 Å². The molecular weight excluding hydrogens is 375 g/mol. The van der Waals surface area contributed by atoms with Crippen LogP contribution < -0.4 is 18.5 Å². The Morgan fingerprint density at radius 3 is 1.77 bits per heavy atom. The van der Waals surface area contributed by atoms with E-state index in [0.717, 1.165) is 24.3 Å². The molecule has 0 aliphatic rings. The summed E-state index contributed by atoms with van der Waals surface area (Å²) in [5.41, 5.74) is -0.698. The summed E-state index contributed by atoms with van der Waals surface area (Å²) < 4.78 is 80.7. The number of hydrogen-bond donors (Lipinski definition) is 0. The predicted molar refractivity (Wildman–Crippen MR) is 88.3 cm³/mol. The molecule has 0 spiro atoms. The topological polar surface area (TPSA) is 65.1 Å². The molecule has 0 aliphatic heterocycles. The highest BCUT2D eigenvalue weighted by molar-refractivity contribution is 7.92. The summed E-state index contributed by atoms with van der Waals surface area (Å²) in [6, 6.07) is 8.13. The zero-order chi connectivity index (χ0) is 19.5. The lowest BCUT2D eigenvalue weighted by Gasteiger charge is -2.27. The molecule has 6 nitrogen and oxygen atoms in total. The molecule has 10 heteroatoms. The third-order valence-corrected chi connectivity index (χ3v) is 5.16. The van der Waals surface area contributed by atoms with E-state index in [2.05, 4.69) is 0 Å². The second kappa shape index (κ2) is 7.32. The maximum Gasteiger partial charge on any atom is 0.498 e. The van der Waals surface area contributed by atoms with Crippen molar-refractivity contribution >= 4 is 15.7 Å². The van der Waals surface area contributed by atoms with E-state index < -0.39 is 31.2 Å². The summed E-state index contributed by atoms with van der Waals surface area (Å²) in [5, 5.41) is 0. The lowest BCUT2D eigenvalue weighted by atomic mass is 10.2. The average molecular weight is 391 g/mol. The average Bonchev–Trinajstić information content (AvgIpc) is 2.60. The smallest absolute Gasteiger partial charge is 0.493 e. The Bertz CT molecular complexity index is 844. The Balaban J connectivity index is 2.74. The largest absolute Gasteiger partial charge is 0.498 e. The van der Waals surface area contributed by atoms with Crippen LogP contribution in [0.2, 0.25) is 0 Å². The number of anilines is 1. The molecule has 0 heterocycles. The number of halogens is 3. The third-order valence-electron chi connectivity index (χ3n) is 3.40. The highest BCUT2D eigenvalue weighted by Gasteiger charge is 2.47. The molecule has 0 atom stereocenters. The van der Waals surface area contributed by atoms with E-state index in [1.54, 1.807) is 0 Å². The summed E-state index contributed by atoms with van der Waals surface area (Å²) in [7, 11) is -1.22. The normalized spacial score (nSPS) is 11.8. The monoisotopic (exact) mass is 391 g/mol. The standard InChI is InChI=1S/C16H16F3NO5S/c1-23-13-9-11(10-14(24-2)15(13)25-3)20(16(17,18)19)26(21,22)12-7-5-4-6-8-12/h4-10H,1-3H3. The van der Waals surface area contributed by atoms with Crippen LogP contribution in [0.25, 0.3) is 0 Å². The molecule has 0 amide bonds. The summed E-state index contributed by atoms with van der Waals surface area (Å²) in [6.45, 7) is 0. The molecule has 0 bridgehead atoms. The van der Waals surface area contributed by atoms with Crippen molar-refractivity contribution in [1.29, 1.82) is 0 Å². The van der Waals surface area contributed by atoms with Crippen LogP contribution in [0.5, 0.6) is 17.2 Å². The minimum absolute atomic E-state index is 0.0398. The number of alkyl halides is 3. The van der Waals surface area contributed by atoms with Gasteiger partial charge in [-0.2, -0.15) is 4.31 Å². The predicted octanol–water partition coefficient (Wildman–Crippen LogP) is 3.43. The van der Waals surface area contributed by atoms with Gasteiger partial charge in [0.15, 0.2) is 11.5 Å². The molecule has 0 saturated heterocycles. The van der Waals surface area contributed by atoms with Gasteiger partial charge in [-0.05, 0) is 12.1 Å². The van der Waals surface area contributed by atoms with E-state index >= 15 is 0 Å². The summed E-state index contributed by atoms with van der Waals surface area (Å²) in [6.07, 6.45) is -5.22. The molecular formula is C16H16F3NO5S. The van der Waals surface area contributed by atoms with Gasteiger partial charge in [0.25, 0.3) is 10.0 Å². The van der Waals surface area contributed by atoms with Crippen LogP contribution in [0.1, 0.15) is 0 Å². The maximum absolute atomic E-state index is 13.7. The first kappa shape index (κ1) is 19.7. The van der Waals surface area contributed by atoms with E-state index in [0.29, 0.717) is 0 Å². The lowest BCUT2D eigenvalue weighted by molar-refractivity contribution is -0.115. The molecule has 0 radical (unpaired) electrons. The molecule has 0 aromatic heterocycles. The Morgan fingerprint density at radius 2 is 1.38 bits per heavy atom. The van der Waals surface area contributed by atoms with Gasteiger partial charge in [0.2, 0.25) is 5.75 Å². The molecule has 2 aromatic carbocycles. The van der Waals surface area contributed by atoms with E-state index in [4.69, 9.17) is 14.2 Å². The Morgan fingerprint density at radius 1 is 0.885 bits per heavy atom. The molecule has 142 valence electrons. The van der Waals surface area contributed by atoms with Crippen LogP contribution in [0.4, 0.5) is 18.9 Å². The van der Waals surface area contributed by atoms with Gasteiger partial charge in [-0.25, -0.2) is 8.42 Å². The van der Waals surface area contributed by atoms with Crippen molar-refractivity contribution in [3.8, 4) is 17.2 Å². The molecule has 2 aromatic rings. The molecule has 0 aliphatic carbocycles. The van der Waals surface area contributed by atoms with E-state index in [1.165, 1.54) is 39.5 Å². The number of hydrogen-bond acceptors (Lipinski definition) is 5. The van der Waals surface area contributed by atoms with Crippen molar-refractivity contribution in [2.75, 3.05) is 25.6 Å². The minimum Gasteiger partial charge on any atom is -0.493 e. The summed E-state index contributed by atoms with van der Waals surface area (Å²) >= 11 is 0. The van der Waals surface area contributed by atoms with Crippen molar-refractivity contribution in [2.45, 2.75) is 11.2 Å². The quantitative estimate of drug-likeness (QED) is 0.706. The minimum atomic E-state index is -5.22. The van der Waals surface area contributed by atoms with E-state index in [9.17, 15) is 21.6 Å². The van der Waals surface area contributed by atoms with Crippen LogP contribution >= 0.6 is 0 Å². The number of benzene rings is 2. The highest BCUT2D eigenvalue weighted by atomic mass is 32.2. The van der Waals surface area contributed by atoms with Crippen LogP contribution in [-0.2, 0) is 10.0 Å². The fraction of sp³-hybridized carbons (Fsp3) is 0.250. The zero-order valence-corrected chi connectivity index (χ0v) is 14.9. The van der Waals surface area contributed by atoms with Gasteiger partial charge < -0.3 is 14.2 Å². The SMILES string of the molecule is COc1cc(N(C(F)(F)F)S(=O)(=O)c2ccccc2)cc(OC)c1OC. The number of nitrogens with zero attached hydrogens (tertiary/aromatic N) is 1. The Hall–Kier alpha value is -2.62. The Kier molecular flexibility index (Phi) is 5.55. The van der Waals surface area contributed by atoms with Crippen molar-refractivity contribution in [2.24, 2.45) is 0 Å². The summed E-state index contributed by atoms with van der Waals surface area (Å²) in [4.78, 5) is -0.508. The van der Waals surface area contributed by atoms with E-state index in [1.807, 2.05) is 0 Å². The van der Waals surface area contributed by atoms with Crippen molar-refractivity contribution < 1.29 is 35.8 Å². The fourth-order valence-corrected chi connectivity index (χ4v) is 3.67. The first-order valence-corrected chi connectivity index (χ1v) is 8.58. The summed E-state index contributed by atoms with van der Waals surface area (Å²) in [5.74, 6) is -0.184. The van der Waals surface area contributed by atoms with Gasteiger partial charge in [0.05, 0.1) is 31.9 Å². The number of ether oxygens (including phenoxy) is 3. The first-order valence-electron chi connectivity index (χ1n) is 7.14. The molecule has 0 fully saturated rings. The van der Waals surface area contributed by atoms with Gasteiger partial charge in [0, 0.05) is 12.1 Å². The van der Waals surface area contributed by atoms with Crippen LogP contribution in [0.3, 0.4) is 0 Å². The maximum atomic E-state index is 13.7. The Labute approximate surface area is 148 Å². The van der Waals surface area contributed by atoms with Crippen molar-refractivity contribution in [3.05, 3.63) is 42.5 Å². The number of sulfonamides is 1. The second-order valence-electron chi connectivity index (χ2n) is 4.93. The molecule has 0 unspecified atom stereocenters. The molecule has 2 rings (SSSR count). The molecule has 0 N–H and O–H groups in total. The molecule has 26 heavy (non-hydrogen) atoms. The van der Waals surface area contributed by atoms with Gasteiger partial charge in [0.1, 0.15) is 0 Å².